The quantitative estimate of drug-likeness (QED) is 0.770. The van der Waals surface area contributed by atoms with E-state index in [1.54, 1.807) is 38.2 Å². The molecule has 138 valence electrons. The first-order valence-electron chi connectivity index (χ1n) is 9.67. The summed E-state index contributed by atoms with van der Waals surface area (Å²) in [5.74, 6) is 2.83. The largest absolute Gasteiger partial charge is 0.418 e. The van der Waals surface area contributed by atoms with E-state index >= 15 is 0 Å². The Balaban J connectivity index is 0.000000185. The zero-order valence-electron chi connectivity index (χ0n) is 14.6. The van der Waals surface area contributed by atoms with Gasteiger partial charge in [0.05, 0.1) is 11.7 Å². The molecule has 0 radical (unpaired) electrons. The third-order valence-corrected chi connectivity index (χ3v) is 6.58. The average molecular weight is 352 g/mol. The van der Waals surface area contributed by atoms with Gasteiger partial charge in [-0.05, 0) is 49.1 Å². The van der Waals surface area contributed by atoms with Crippen molar-refractivity contribution in [3.63, 3.8) is 0 Å². The molecule has 0 aromatic heterocycles. The minimum atomic E-state index is -4.30. The monoisotopic (exact) mass is 352 g/mol. The highest BCUT2D eigenvalue weighted by Crippen LogP contribution is 2.44. The zero-order chi connectivity index (χ0) is 17.4. The first kappa shape index (κ1) is 17.2. The maximum absolute atomic E-state index is 12.9. The van der Waals surface area contributed by atoms with Gasteiger partial charge in [0.15, 0.2) is 0 Å². The van der Waals surface area contributed by atoms with Crippen molar-refractivity contribution in [2.24, 2.45) is 17.8 Å². The topological polar surface area (TPSA) is 15.3 Å². The van der Waals surface area contributed by atoms with Gasteiger partial charge >= 0.3 is 6.18 Å². The molecule has 25 heavy (non-hydrogen) atoms. The fraction of sp³-hybridized carbons (Fsp3) is 0.700. The van der Waals surface area contributed by atoms with Gasteiger partial charge in [-0.15, -0.1) is 0 Å². The number of hydrogen-bond acceptors (Lipinski definition) is 2. The van der Waals surface area contributed by atoms with Crippen LogP contribution >= 0.6 is 0 Å². The number of nitrogens with zero attached hydrogens (tertiary/aromatic N) is 1. The molecule has 1 atom stereocenters. The van der Waals surface area contributed by atoms with E-state index in [1.165, 1.54) is 24.0 Å². The van der Waals surface area contributed by atoms with E-state index in [-0.39, 0.29) is 11.9 Å². The summed E-state index contributed by atoms with van der Waals surface area (Å²) in [4.78, 5) is 2.23. The minimum Gasteiger partial charge on any atom is -0.369 e. The first-order valence-corrected chi connectivity index (χ1v) is 9.67. The number of benzene rings is 1. The van der Waals surface area contributed by atoms with Gasteiger partial charge in [-0.25, -0.2) is 0 Å². The summed E-state index contributed by atoms with van der Waals surface area (Å²) in [6.07, 6.45) is 5.78. The fourth-order valence-corrected chi connectivity index (χ4v) is 5.21. The molecular weight excluding hydrogens is 325 g/mol. The SMILES string of the molecule is C1CC2CCC1C2.FC(F)(F)c1ccccc1NC1C2CCN1CC2. The van der Waals surface area contributed by atoms with Gasteiger partial charge in [-0.2, -0.15) is 13.2 Å². The molecule has 0 amide bonds. The molecule has 2 saturated heterocycles. The average Bonchev–Trinajstić information content (AvgIpc) is 3.38. The lowest BCUT2D eigenvalue weighted by molar-refractivity contribution is -0.137. The van der Waals surface area contributed by atoms with Crippen molar-refractivity contribution in [2.45, 2.75) is 57.3 Å². The Labute approximate surface area is 147 Å². The predicted octanol–water partition coefficient (Wildman–Crippen LogP) is 5.37. The number of alkyl halides is 3. The maximum Gasteiger partial charge on any atom is 0.418 e. The van der Waals surface area contributed by atoms with Gasteiger partial charge in [0, 0.05) is 18.8 Å². The standard InChI is InChI=1S/C13H15F3N2.C7H12/c14-13(15,16)10-3-1-2-4-11(10)17-12-9-5-7-18(12)8-6-9;1-2-7-4-3-6(1)5-7/h1-4,9,12,17H,5-8H2;6-7H,1-5H2. The van der Waals surface area contributed by atoms with Crippen molar-refractivity contribution in [2.75, 3.05) is 18.4 Å². The van der Waals surface area contributed by atoms with E-state index in [0.717, 1.165) is 32.0 Å². The third-order valence-electron chi connectivity index (χ3n) is 6.58. The number of para-hydroxylation sites is 1. The Morgan fingerprint density at radius 2 is 1.48 bits per heavy atom. The second kappa shape index (κ2) is 6.82. The number of halogens is 3. The normalized spacial score (nSPS) is 35.6. The molecule has 4 bridgehead atoms. The summed E-state index contributed by atoms with van der Waals surface area (Å²) in [6, 6.07) is 5.72. The number of fused-ring (bicyclic) bond motifs is 4. The molecule has 0 spiro atoms. The van der Waals surface area contributed by atoms with Crippen LogP contribution in [0.1, 0.15) is 50.5 Å². The van der Waals surface area contributed by atoms with Crippen LogP contribution in [0.15, 0.2) is 24.3 Å². The Kier molecular flexibility index (Phi) is 4.69. The molecule has 4 aliphatic rings. The van der Waals surface area contributed by atoms with Gasteiger partial charge in [0.25, 0.3) is 0 Å². The molecule has 2 aliphatic carbocycles. The third kappa shape index (κ3) is 3.67. The van der Waals surface area contributed by atoms with Crippen molar-refractivity contribution in [3.8, 4) is 0 Å². The fourth-order valence-electron chi connectivity index (χ4n) is 5.21. The van der Waals surface area contributed by atoms with E-state index in [0.29, 0.717) is 5.92 Å². The number of rotatable bonds is 2. The maximum atomic E-state index is 12.9. The number of hydrogen-bond donors (Lipinski definition) is 1. The van der Waals surface area contributed by atoms with Gasteiger partial charge in [-0.3, -0.25) is 4.90 Å². The van der Waals surface area contributed by atoms with Crippen molar-refractivity contribution in [1.82, 2.24) is 4.90 Å². The van der Waals surface area contributed by atoms with E-state index < -0.39 is 11.7 Å². The van der Waals surface area contributed by atoms with E-state index in [1.807, 2.05) is 0 Å². The smallest absolute Gasteiger partial charge is 0.369 e. The van der Waals surface area contributed by atoms with Crippen LogP contribution in [0.3, 0.4) is 0 Å². The van der Waals surface area contributed by atoms with Gasteiger partial charge in [0.1, 0.15) is 0 Å². The van der Waals surface area contributed by atoms with Crippen LogP contribution in [-0.2, 0) is 6.18 Å². The van der Waals surface area contributed by atoms with Crippen LogP contribution < -0.4 is 5.32 Å². The van der Waals surface area contributed by atoms with Gasteiger partial charge in [-0.1, -0.05) is 37.8 Å². The van der Waals surface area contributed by atoms with Crippen molar-refractivity contribution >= 4 is 5.69 Å². The lowest BCUT2D eigenvalue weighted by Gasteiger charge is -2.23. The molecular formula is C20H27F3N2. The summed E-state index contributed by atoms with van der Waals surface area (Å²) in [6.45, 7) is 1.99. The second-order valence-electron chi connectivity index (χ2n) is 8.13. The summed E-state index contributed by atoms with van der Waals surface area (Å²) >= 11 is 0. The number of nitrogens with one attached hydrogen (secondary N) is 1. The van der Waals surface area contributed by atoms with Crippen LogP contribution in [0.4, 0.5) is 18.9 Å². The van der Waals surface area contributed by atoms with Crippen molar-refractivity contribution in [3.05, 3.63) is 29.8 Å². The van der Waals surface area contributed by atoms with Crippen molar-refractivity contribution < 1.29 is 13.2 Å². The van der Waals surface area contributed by atoms with Crippen LogP contribution in [-0.4, -0.2) is 24.2 Å². The highest BCUT2D eigenvalue weighted by atomic mass is 19.4. The lowest BCUT2D eigenvalue weighted by Crippen LogP contribution is -2.33. The van der Waals surface area contributed by atoms with Crippen LogP contribution in [0, 0.1) is 17.8 Å². The molecule has 2 aliphatic heterocycles. The van der Waals surface area contributed by atoms with Gasteiger partial charge in [0.2, 0.25) is 0 Å². The predicted molar refractivity (Wildman–Crippen MR) is 93.2 cm³/mol. The van der Waals surface area contributed by atoms with E-state index in [9.17, 15) is 13.2 Å². The van der Waals surface area contributed by atoms with Crippen LogP contribution in [0.5, 0.6) is 0 Å². The first-order chi connectivity index (χ1) is 12.0. The Morgan fingerprint density at radius 3 is 1.92 bits per heavy atom. The lowest BCUT2D eigenvalue weighted by atomic mass is 10.0. The van der Waals surface area contributed by atoms with Crippen LogP contribution in [0.25, 0.3) is 0 Å². The second-order valence-corrected chi connectivity index (χ2v) is 8.13. The summed E-state index contributed by atoms with van der Waals surface area (Å²) in [5.41, 5.74) is -0.369. The molecule has 2 saturated carbocycles. The number of anilines is 1. The van der Waals surface area contributed by atoms with Crippen LogP contribution in [0.2, 0.25) is 0 Å². The van der Waals surface area contributed by atoms with Crippen molar-refractivity contribution in [1.29, 1.82) is 0 Å². The molecule has 5 rings (SSSR count). The molecule has 1 unspecified atom stereocenters. The summed E-state index contributed by atoms with van der Waals surface area (Å²) in [5, 5.41) is 3.08. The Bertz CT molecular complexity index is 563. The van der Waals surface area contributed by atoms with E-state index in [4.69, 9.17) is 0 Å². The zero-order valence-corrected chi connectivity index (χ0v) is 14.6. The highest BCUT2D eigenvalue weighted by molar-refractivity contribution is 5.53. The molecule has 4 fully saturated rings. The number of piperidine rings is 1. The molecule has 2 heterocycles. The molecule has 5 heteroatoms. The van der Waals surface area contributed by atoms with E-state index in [2.05, 4.69) is 10.2 Å². The summed E-state index contributed by atoms with van der Waals surface area (Å²) in [7, 11) is 0. The molecule has 1 aromatic rings. The summed E-state index contributed by atoms with van der Waals surface area (Å²) < 4.78 is 38.6. The highest BCUT2D eigenvalue weighted by Gasteiger charge is 2.41. The molecule has 1 aromatic carbocycles. The molecule has 2 nitrogen and oxygen atoms in total. The Morgan fingerprint density at radius 1 is 0.880 bits per heavy atom. The Hall–Kier alpha value is -1.23. The molecule has 1 N–H and O–H groups in total. The minimum absolute atomic E-state index is 0.0773. The van der Waals surface area contributed by atoms with Gasteiger partial charge < -0.3 is 5.32 Å².